The van der Waals surface area contributed by atoms with Gasteiger partial charge in [0.15, 0.2) is 0 Å². The number of rotatable bonds is 2. The van der Waals surface area contributed by atoms with Gasteiger partial charge in [0.05, 0.1) is 7.11 Å². The van der Waals surface area contributed by atoms with Crippen molar-refractivity contribution in [3.8, 4) is 5.75 Å². The summed E-state index contributed by atoms with van der Waals surface area (Å²) in [4.78, 5) is 13.0. The van der Waals surface area contributed by atoms with E-state index in [0.29, 0.717) is 5.56 Å². The number of amides is 1. The quantitative estimate of drug-likeness (QED) is 0.686. The van der Waals surface area contributed by atoms with Crippen LogP contribution in [0.5, 0.6) is 5.75 Å². The molecule has 0 heterocycles. The van der Waals surface area contributed by atoms with E-state index in [-0.39, 0.29) is 5.91 Å². The van der Waals surface area contributed by atoms with Crippen LogP contribution < -0.4 is 4.74 Å². The van der Waals surface area contributed by atoms with Crippen molar-refractivity contribution in [1.29, 1.82) is 0 Å². The second-order valence-electron chi connectivity index (χ2n) is 2.93. The fourth-order valence-corrected chi connectivity index (χ4v) is 0.992. The Morgan fingerprint density at radius 2 is 1.77 bits per heavy atom. The van der Waals surface area contributed by atoms with E-state index in [1.807, 2.05) is 0 Å². The maximum Gasteiger partial charge on any atom is 0.253 e. The first-order chi connectivity index (χ1) is 6.15. The van der Waals surface area contributed by atoms with Crippen molar-refractivity contribution in [3.63, 3.8) is 0 Å². The van der Waals surface area contributed by atoms with Gasteiger partial charge in [0, 0.05) is 19.7 Å². The Kier molecular flexibility index (Phi) is 2.90. The first kappa shape index (κ1) is 9.58. The zero-order chi connectivity index (χ0) is 9.84. The van der Waals surface area contributed by atoms with E-state index in [0.717, 1.165) is 5.75 Å². The molecule has 0 aliphatic carbocycles. The summed E-state index contributed by atoms with van der Waals surface area (Å²) in [5, 5.41) is 0. The lowest BCUT2D eigenvalue weighted by Gasteiger charge is -2.10. The molecule has 0 aromatic heterocycles. The van der Waals surface area contributed by atoms with Crippen LogP contribution in [0.4, 0.5) is 0 Å². The summed E-state index contributed by atoms with van der Waals surface area (Å²) in [7, 11) is 5.06. The van der Waals surface area contributed by atoms with E-state index in [2.05, 4.69) is 0 Å². The van der Waals surface area contributed by atoms with Gasteiger partial charge in [0.1, 0.15) is 5.75 Å². The zero-order valence-corrected chi connectivity index (χ0v) is 8.07. The molecular formula is C10H13NO2. The minimum atomic E-state index is 0.00246. The molecular weight excluding hydrogens is 166 g/mol. The lowest BCUT2D eigenvalue weighted by Crippen LogP contribution is -2.21. The minimum absolute atomic E-state index is 0.00246. The summed E-state index contributed by atoms with van der Waals surface area (Å²) < 4.78 is 4.98. The first-order valence-corrected chi connectivity index (χ1v) is 4.01. The Bertz CT molecular complexity index is 290. The van der Waals surface area contributed by atoms with E-state index >= 15 is 0 Å². The van der Waals surface area contributed by atoms with Gasteiger partial charge in [0.25, 0.3) is 5.91 Å². The molecule has 13 heavy (non-hydrogen) atoms. The lowest BCUT2D eigenvalue weighted by molar-refractivity contribution is 0.0827. The van der Waals surface area contributed by atoms with Crippen LogP contribution >= 0.6 is 0 Å². The van der Waals surface area contributed by atoms with Crippen molar-refractivity contribution in [2.75, 3.05) is 21.2 Å². The third-order valence-corrected chi connectivity index (χ3v) is 1.74. The van der Waals surface area contributed by atoms with E-state index < -0.39 is 0 Å². The Morgan fingerprint density at radius 3 is 2.15 bits per heavy atom. The summed E-state index contributed by atoms with van der Waals surface area (Å²) in [6, 6.07) is 7.05. The van der Waals surface area contributed by atoms with Gasteiger partial charge in [-0.25, -0.2) is 0 Å². The first-order valence-electron chi connectivity index (χ1n) is 4.01. The normalized spacial score (nSPS) is 9.46. The van der Waals surface area contributed by atoms with Crippen molar-refractivity contribution in [1.82, 2.24) is 4.90 Å². The molecule has 0 fully saturated rings. The monoisotopic (exact) mass is 179 g/mol. The molecule has 0 saturated heterocycles. The standard InChI is InChI=1S/C10H13NO2/c1-11(2)10(12)8-4-6-9(13-3)7-5-8/h4-7H,1-3H3. The summed E-state index contributed by atoms with van der Waals surface area (Å²) in [6.45, 7) is 0. The van der Waals surface area contributed by atoms with E-state index in [1.165, 1.54) is 0 Å². The second-order valence-corrected chi connectivity index (χ2v) is 2.93. The van der Waals surface area contributed by atoms with Crippen LogP contribution in [-0.4, -0.2) is 32.0 Å². The number of nitrogens with zero attached hydrogens (tertiary/aromatic N) is 1. The highest BCUT2D eigenvalue weighted by molar-refractivity contribution is 5.93. The maximum atomic E-state index is 11.4. The number of methoxy groups -OCH3 is 1. The minimum Gasteiger partial charge on any atom is -0.497 e. The van der Waals surface area contributed by atoms with Crippen LogP contribution in [-0.2, 0) is 0 Å². The van der Waals surface area contributed by atoms with Gasteiger partial charge in [-0.2, -0.15) is 0 Å². The molecule has 1 aromatic carbocycles. The van der Waals surface area contributed by atoms with Crippen molar-refractivity contribution in [2.45, 2.75) is 0 Å². The van der Waals surface area contributed by atoms with Gasteiger partial charge in [-0.3, -0.25) is 4.79 Å². The molecule has 0 atom stereocenters. The van der Waals surface area contributed by atoms with Crippen LogP contribution in [0.15, 0.2) is 24.3 Å². The van der Waals surface area contributed by atoms with E-state index in [4.69, 9.17) is 4.74 Å². The molecule has 0 spiro atoms. The van der Waals surface area contributed by atoms with E-state index in [9.17, 15) is 4.79 Å². The third kappa shape index (κ3) is 2.21. The predicted molar refractivity (Wildman–Crippen MR) is 51.0 cm³/mol. The molecule has 1 rings (SSSR count). The number of carbonyl (C=O) groups is 1. The van der Waals surface area contributed by atoms with Gasteiger partial charge in [-0.1, -0.05) is 0 Å². The molecule has 0 saturated carbocycles. The average Bonchev–Trinajstić information content (AvgIpc) is 2.17. The molecule has 0 aliphatic rings. The van der Waals surface area contributed by atoms with Crippen LogP contribution in [0.1, 0.15) is 10.4 Å². The Balaban J connectivity index is 2.86. The van der Waals surface area contributed by atoms with Crippen molar-refractivity contribution < 1.29 is 9.53 Å². The highest BCUT2D eigenvalue weighted by atomic mass is 16.5. The number of carbonyl (C=O) groups excluding carboxylic acids is 1. The number of benzene rings is 1. The molecule has 1 amide bonds. The molecule has 0 N–H and O–H groups in total. The van der Waals surface area contributed by atoms with Gasteiger partial charge in [0.2, 0.25) is 0 Å². The summed E-state index contributed by atoms with van der Waals surface area (Å²) in [5.74, 6) is 0.762. The van der Waals surface area contributed by atoms with E-state index in [1.54, 1.807) is 50.4 Å². The highest BCUT2D eigenvalue weighted by Gasteiger charge is 2.06. The van der Waals surface area contributed by atoms with Crippen LogP contribution in [0.25, 0.3) is 0 Å². The molecule has 3 nitrogen and oxygen atoms in total. The lowest BCUT2D eigenvalue weighted by atomic mass is 10.2. The van der Waals surface area contributed by atoms with Gasteiger partial charge >= 0.3 is 0 Å². The fourth-order valence-electron chi connectivity index (χ4n) is 0.992. The van der Waals surface area contributed by atoms with Crippen LogP contribution in [0.2, 0.25) is 0 Å². The van der Waals surface area contributed by atoms with Crippen molar-refractivity contribution >= 4 is 5.91 Å². The topological polar surface area (TPSA) is 29.5 Å². The Hall–Kier alpha value is -1.51. The smallest absolute Gasteiger partial charge is 0.253 e. The van der Waals surface area contributed by atoms with Gasteiger partial charge in [-0.05, 0) is 24.3 Å². The maximum absolute atomic E-state index is 11.4. The highest BCUT2D eigenvalue weighted by Crippen LogP contribution is 2.11. The molecule has 1 aromatic rings. The largest absolute Gasteiger partial charge is 0.497 e. The Morgan fingerprint density at radius 1 is 1.23 bits per heavy atom. The van der Waals surface area contributed by atoms with Crippen LogP contribution in [0.3, 0.4) is 0 Å². The summed E-state index contributed by atoms with van der Waals surface area (Å²) in [5.41, 5.74) is 0.672. The molecule has 0 unspecified atom stereocenters. The summed E-state index contributed by atoms with van der Waals surface area (Å²) >= 11 is 0. The molecule has 0 radical (unpaired) electrons. The molecule has 70 valence electrons. The predicted octanol–water partition coefficient (Wildman–Crippen LogP) is 1.40. The van der Waals surface area contributed by atoms with Crippen molar-refractivity contribution in [3.05, 3.63) is 29.8 Å². The summed E-state index contributed by atoms with van der Waals surface area (Å²) in [6.07, 6.45) is 0. The Labute approximate surface area is 77.9 Å². The van der Waals surface area contributed by atoms with Gasteiger partial charge < -0.3 is 9.64 Å². The average molecular weight is 179 g/mol. The molecule has 0 aliphatic heterocycles. The number of ether oxygens (including phenoxy) is 1. The SMILES string of the molecule is COc1ccc(C(=O)N(C)C)cc1. The fraction of sp³-hybridized carbons (Fsp3) is 0.300. The molecule has 3 heteroatoms. The third-order valence-electron chi connectivity index (χ3n) is 1.74. The molecule has 0 bridgehead atoms. The van der Waals surface area contributed by atoms with Crippen LogP contribution in [0, 0.1) is 0 Å². The number of hydrogen-bond donors (Lipinski definition) is 0. The van der Waals surface area contributed by atoms with Crippen molar-refractivity contribution in [2.24, 2.45) is 0 Å². The number of hydrogen-bond acceptors (Lipinski definition) is 2. The zero-order valence-electron chi connectivity index (χ0n) is 8.07. The second kappa shape index (κ2) is 3.94. The van der Waals surface area contributed by atoms with Gasteiger partial charge in [-0.15, -0.1) is 0 Å².